The SMILES string of the molecule is CN(C(=O)c1ccccc1)[C@@H](CCCCO)C(=O)N1CCN(S(C)(=O)=O)CC1. The summed E-state index contributed by atoms with van der Waals surface area (Å²) in [5.74, 6) is -0.421. The van der Waals surface area contributed by atoms with Crippen LogP contribution in [0.15, 0.2) is 30.3 Å². The highest BCUT2D eigenvalue weighted by Crippen LogP contribution is 2.16. The Hall–Kier alpha value is -1.97. The molecular formula is C19H29N3O5S. The molecule has 0 bridgehead atoms. The first-order chi connectivity index (χ1) is 13.3. The molecule has 1 aliphatic heterocycles. The van der Waals surface area contributed by atoms with Crippen LogP contribution in [0.2, 0.25) is 0 Å². The Bertz CT molecular complexity index is 761. The van der Waals surface area contributed by atoms with Gasteiger partial charge in [0.1, 0.15) is 6.04 Å². The minimum absolute atomic E-state index is 0.0320. The van der Waals surface area contributed by atoms with Gasteiger partial charge in [-0.15, -0.1) is 0 Å². The molecule has 2 rings (SSSR count). The van der Waals surface area contributed by atoms with Crippen molar-refractivity contribution in [2.45, 2.75) is 25.3 Å². The van der Waals surface area contributed by atoms with E-state index in [-0.39, 0.29) is 31.5 Å². The quantitative estimate of drug-likeness (QED) is 0.624. The Morgan fingerprint density at radius 1 is 1.11 bits per heavy atom. The lowest BCUT2D eigenvalue weighted by Gasteiger charge is -2.37. The first kappa shape index (κ1) is 22.3. The van der Waals surface area contributed by atoms with E-state index in [4.69, 9.17) is 5.11 Å². The van der Waals surface area contributed by atoms with Crippen LogP contribution in [-0.4, -0.2) is 91.6 Å². The molecule has 1 aromatic carbocycles. The largest absolute Gasteiger partial charge is 0.396 e. The van der Waals surface area contributed by atoms with Crippen LogP contribution in [0.4, 0.5) is 0 Å². The third-order valence-electron chi connectivity index (χ3n) is 5.00. The van der Waals surface area contributed by atoms with Gasteiger partial charge in [-0.3, -0.25) is 9.59 Å². The number of hydrogen-bond donors (Lipinski definition) is 1. The van der Waals surface area contributed by atoms with Crippen molar-refractivity contribution in [2.75, 3.05) is 46.1 Å². The zero-order chi connectivity index (χ0) is 20.7. The van der Waals surface area contributed by atoms with Gasteiger partial charge in [0, 0.05) is 45.4 Å². The predicted octanol–water partition coefficient (Wildman–Crippen LogP) is 0.394. The number of rotatable bonds is 8. The summed E-state index contributed by atoms with van der Waals surface area (Å²) in [5, 5.41) is 9.06. The molecule has 1 aliphatic rings. The van der Waals surface area contributed by atoms with Gasteiger partial charge < -0.3 is 14.9 Å². The van der Waals surface area contributed by atoms with E-state index in [9.17, 15) is 18.0 Å². The topological polar surface area (TPSA) is 98.2 Å². The van der Waals surface area contributed by atoms with Gasteiger partial charge in [0.15, 0.2) is 0 Å². The summed E-state index contributed by atoms with van der Waals surface area (Å²) in [6, 6.07) is 8.13. The van der Waals surface area contributed by atoms with Crippen molar-refractivity contribution < 1.29 is 23.1 Å². The number of likely N-dealkylation sites (N-methyl/N-ethyl adjacent to an activating group) is 1. The van der Waals surface area contributed by atoms with Crippen LogP contribution in [0.3, 0.4) is 0 Å². The van der Waals surface area contributed by atoms with Crippen LogP contribution in [-0.2, 0) is 14.8 Å². The molecule has 156 valence electrons. The number of sulfonamides is 1. The van der Waals surface area contributed by atoms with E-state index in [0.717, 1.165) is 6.26 Å². The van der Waals surface area contributed by atoms with Crippen LogP contribution < -0.4 is 0 Å². The standard InChI is InChI=1S/C19H29N3O5S/c1-20(18(24)16-8-4-3-5-9-16)17(10-6-7-15-23)19(25)21-11-13-22(14-12-21)28(2,26)27/h3-5,8-9,17,23H,6-7,10-15H2,1-2H3/t17-/m0/s1. The molecule has 8 nitrogen and oxygen atoms in total. The molecule has 9 heteroatoms. The number of amides is 2. The van der Waals surface area contributed by atoms with Crippen LogP contribution in [0, 0.1) is 0 Å². The fourth-order valence-corrected chi connectivity index (χ4v) is 4.14. The lowest BCUT2D eigenvalue weighted by atomic mass is 10.0. The van der Waals surface area contributed by atoms with Crippen molar-refractivity contribution in [2.24, 2.45) is 0 Å². The van der Waals surface area contributed by atoms with Crippen LogP contribution >= 0.6 is 0 Å². The maximum atomic E-state index is 13.1. The summed E-state index contributed by atoms with van der Waals surface area (Å²) in [4.78, 5) is 29.0. The molecule has 1 fully saturated rings. The van der Waals surface area contributed by atoms with E-state index in [1.165, 1.54) is 9.21 Å². The van der Waals surface area contributed by atoms with Crippen molar-refractivity contribution in [1.29, 1.82) is 0 Å². The minimum Gasteiger partial charge on any atom is -0.396 e. The van der Waals surface area contributed by atoms with Crippen molar-refractivity contribution in [3.05, 3.63) is 35.9 Å². The van der Waals surface area contributed by atoms with Crippen LogP contribution in [0.5, 0.6) is 0 Å². The lowest BCUT2D eigenvalue weighted by Crippen LogP contribution is -2.56. The van der Waals surface area contributed by atoms with E-state index in [1.54, 1.807) is 36.2 Å². The van der Waals surface area contributed by atoms with Gasteiger partial charge >= 0.3 is 0 Å². The maximum Gasteiger partial charge on any atom is 0.254 e. The molecular weight excluding hydrogens is 382 g/mol. The number of benzene rings is 1. The van der Waals surface area contributed by atoms with Gasteiger partial charge in [-0.1, -0.05) is 18.2 Å². The molecule has 0 unspecified atom stereocenters. The van der Waals surface area contributed by atoms with Crippen molar-refractivity contribution in [1.82, 2.24) is 14.1 Å². The Morgan fingerprint density at radius 3 is 2.25 bits per heavy atom. The van der Waals surface area contributed by atoms with Crippen LogP contribution in [0.1, 0.15) is 29.6 Å². The van der Waals surface area contributed by atoms with Crippen LogP contribution in [0.25, 0.3) is 0 Å². The van der Waals surface area contributed by atoms with E-state index in [0.29, 0.717) is 37.9 Å². The summed E-state index contributed by atoms with van der Waals surface area (Å²) >= 11 is 0. The fraction of sp³-hybridized carbons (Fsp3) is 0.579. The maximum absolute atomic E-state index is 13.1. The minimum atomic E-state index is -3.28. The molecule has 0 spiro atoms. The summed E-state index contributed by atoms with van der Waals surface area (Å²) in [6.07, 6.45) is 2.77. The molecule has 0 saturated carbocycles. The monoisotopic (exact) mass is 411 g/mol. The Balaban J connectivity index is 2.11. The van der Waals surface area contributed by atoms with Gasteiger partial charge in [0.25, 0.3) is 5.91 Å². The lowest BCUT2D eigenvalue weighted by molar-refractivity contribution is -0.137. The second kappa shape index (κ2) is 9.99. The molecule has 1 saturated heterocycles. The first-order valence-corrected chi connectivity index (χ1v) is 11.3. The highest BCUT2D eigenvalue weighted by atomic mass is 32.2. The van der Waals surface area contributed by atoms with Gasteiger partial charge in [0.2, 0.25) is 15.9 Å². The third-order valence-corrected chi connectivity index (χ3v) is 6.30. The van der Waals surface area contributed by atoms with Gasteiger partial charge in [-0.25, -0.2) is 8.42 Å². The third kappa shape index (κ3) is 5.76. The van der Waals surface area contributed by atoms with Gasteiger partial charge in [-0.2, -0.15) is 4.31 Å². The van der Waals surface area contributed by atoms with E-state index >= 15 is 0 Å². The summed E-state index contributed by atoms with van der Waals surface area (Å²) in [6.45, 7) is 1.14. The average molecular weight is 412 g/mol. The Morgan fingerprint density at radius 2 is 1.71 bits per heavy atom. The average Bonchev–Trinajstić information content (AvgIpc) is 2.70. The molecule has 0 aliphatic carbocycles. The zero-order valence-electron chi connectivity index (χ0n) is 16.5. The van der Waals surface area contributed by atoms with Crippen molar-refractivity contribution in [3.63, 3.8) is 0 Å². The smallest absolute Gasteiger partial charge is 0.254 e. The number of aliphatic hydroxyl groups excluding tert-OH is 1. The Kier molecular flexibility index (Phi) is 7.97. The number of piperazine rings is 1. The first-order valence-electron chi connectivity index (χ1n) is 9.42. The highest BCUT2D eigenvalue weighted by Gasteiger charge is 2.33. The summed E-state index contributed by atoms with van der Waals surface area (Å²) < 4.78 is 24.7. The number of nitrogens with zero attached hydrogens (tertiary/aromatic N) is 3. The number of carbonyl (C=O) groups excluding carboxylic acids is 2. The molecule has 0 aromatic heterocycles. The van der Waals surface area contributed by atoms with E-state index < -0.39 is 16.1 Å². The van der Waals surface area contributed by atoms with E-state index in [2.05, 4.69) is 0 Å². The summed E-state index contributed by atoms with van der Waals surface area (Å²) in [5.41, 5.74) is 0.506. The molecule has 1 atom stereocenters. The molecule has 1 aromatic rings. The Labute approximate surface area is 166 Å². The van der Waals surface area contributed by atoms with Gasteiger partial charge in [0.05, 0.1) is 6.26 Å². The van der Waals surface area contributed by atoms with E-state index in [1.807, 2.05) is 6.07 Å². The highest BCUT2D eigenvalue weighted by molar-refractivity contribution is 7.88. The number of hydrogen-bond acceptors (Lipinski definition) is 5. The second-order valence-corrected chi connectivity index (χ2v) is 8.99. The molecule has 1 heterocycles. The zero-order valence-corrected chi connectivity index (χ0v) is 17.3. The summed E-state index contributed by atoms with van der Waals surface area (Å²) in [7, 11) is -1.66. The molecule has 28 heavy (non-hydrogen) atoms. The van der Waals surface area contributed by atoms with Gasteiger partial charge in [-0.05, 0) is 31.4 Å². The molecule has 1 N–H and O–H groups in total. The fourth-order valence-electron chi connectivity index (χ4n) is 3.31. The number of aliphatic hydroxyl groups is 1. The molecule has 0 radical (unpaired) electrons. The van der Waals surface area contributed by atoms with Crippen molar-refractivity contribution in [3.8, 4) is 0 Å². The van der Waals surface area contributed by atoms with Crippen molar-refractivity contribution >= 4 is 21.8 Å². The predicted molar refractivity (Wildman–Crippen MR) is 106 cm³/mol. The molecule has 2 amide bonds. The normalized spacial score (nSPS) is 16.6. The number of carbonyl (C=O) groups is 2. The second-order valence-electron chi connectivity index (χ2n) is 7.00. The number of unbranched alkanes of at least 4 members (excludes halogenated alkanes) is 1.